The number of pyridine rings is 1. The highest BCUT2D eigenvalue weighted by molar-refractivity contribution is 7.89. The number of aromatic nitrogens is 1. The second-order valence-electron chi connectivity index (χ2n) is 6.04. The number of sulfonamides is 1. The average Bonchev–Trinajstić information content (AvgIpc) is 2.54. The van der Waals surface area contributed by atoms with Gasteiger partial charge in [0, 0.05) is 49.3 Å². The summed E-state index contributed by atoms with van der Waals surface area (Å²) in [6.07, 6.45) is 1.70. The Morgan fingerprint density at radius 2 is 2.00 bits per heavy atom. The summed E-state index contributed by atoms with van der Waals surface area (Å²) in [5.74, 6) is 0. The van der Waals surface area contributed by atoms with Crippen molar-refractivity contribution in [3.8, 4) is 0 Å². The average molecular weight is 366 g/mol. The van der Waals surface area contributed by atoms with E-state index in [0.717, 1.165) is 10.9 Å². The van der Waals surface area contributed by atoms with Crippen LogP contribution in [-0.2, 0) is 10.0 Å². The summed E-state index contributed by atoms with van der Waals surface area (Å²) in [5.41, 5.74) is 1.53. The lowest BCUT2D eigenvalue weighted by atomic mass is 10.2. The van der Waals surface area contributed by atoms with Gasteiger partial charge in [-0.1, -0.05) is 30.3 Å². The fourth-order valence-electron chi connectivity index (χ4n) is 2.96. The van der Waals surface area contributed by atoms with Crippen LogP contribution in [0.25, 0.3) is 10.9 Å². The predicted molar refractivity (Wildman–Crippen MR) is 96.7 cm³/mol. The second-order valence-corrected chi connectivity index (χ2v) is 8.48. The number of nitrogens with zero attached hydrogens (tertiary/aromatic N) is 3. The van der Waals surface area contributed by atoms with E-state index in [-0.39, 0.29) is 4.90 Å². The predicted octanol–water partition coefficient (Wildman–Crippen LogP) is 2.60. The molecule has 0 saturated carbocycles. The van der Waals surface area contributed by atoms with E-state index in [4.69, 9.17) is 11.6 Å². The molecule has 0 atom stereocenters. The standard InChI is InChI=1S/C17H20ClN3O2S/c1-13-10-15-4-3-5-16(17(15)19-11-13)24(22,23)21-8-6-20(7-9-21)12-14(2)18/h3-5,10-11H,2,6-9,12H2,1H3. The smallest absolute Gasteiger partial charge is 0.245 e. The van der Waals surface area contributed by atoms with E-state index in [1.54, 1.807) is 18.3 Å². The summed E-state index contributed by atoms with van der Waals surface area (Å²) in [7, 11) is -3.56. The van der Waals surface area contributed by atoms with E-state index in [9.17, 15) is 8.42 Å². The van der Waals surface area contributed by atoms with Crippen LogP contribution in [0.1, 0.15) is 5.56 Å². The van der Waals surface area contributed by atoms with Crippen molar-refractivity contribution in [1.29, 1.82) is 0 Å². The fraction of sp³-hybridized carbons (Fsp3) is 0.353. The van der Waals surface area contributed by atoms with E-state index in [0.29, 0.717) is 43.3 Å². The minimum atomic E-state index is -3.56. The Morgan fingerprint density at radius 1 is 1.29 bits per heavy atom. The molecule has 0 unspecified atom stereocenters. The highest BCUT2D eigenvalue weighted by Gasteiger charge is 2.30. The van der Waals surface area contributed by atoms with Crippen molar-refractivity contribution < 1.29 is 8.42 Å². The molecule has 2 aromatic rings. The molecule has 0 bridgehead atoms. The summed E-state index contributed by atoms with van der Waals surface area (Å²) < 4.78 is 27.6. The van der Waals surface area contributed by atoms with Gasteiger partial charge >= 0.3 is 0 Å². The van der Waals surface area contributed by atoms with E-state index in [1.165, 1.54) is 4.31 Å². The van der Waals surface area contributed by atoms with Gasteiger partial charge in [0.1, 0.15) is 4.90 Å². The van der Waals surface area contributed by atoms with Crippen LogP contribution in [0, 0.1) is 6.92 Å². The number of piperazine rings is 1. The molecule has 1 aliphatic heterocycles. The fourth-order valence-corrected chi connectivity index (χ4v) is 4.72. The van der Waals surface area contributed by atoms with Crippen LogP contribution in [-0.4, -0.2) is 55.3 Å². The van der Waals surface area contributed by atoms with Crippen molar-refractivity contribution in [1.82, 2.24) is 14.2 Å². The number of halogens is 1. The number of benzene rings is 1. The van der Waals surface area contributed by atoms with Gasteiger partial charge in [-0.2, -0.15) is 4.31 Å². The molecular weight excluding hydrogens is 346 g/mol. The molecule has 1 saturated heterocycles. The van der Waals surface area contributed by atoms with E-state index in [1.807, 2.05) is 19.1 Å². The molecule has 2 heterocycles. The number of hydrogen-bond donors (Lipinski definition) is 0. The van der Waals surface area contributed by atoms with Crippen LogP contribution < -0.4 is 0 Å². The molecule has 0 amide bonds. The van der Waals surface area contributed by atoms with Crippen LogP contribution in [0.3, 0.4) is 0 Å². The third-order valence-corrected chi connectivity index (χ3v) is 6.20. The van der Waals surface area contributed by atoms with Gasteiger partial charge in [0.2, 0.25) is 10.0 Å². The largest absolute Gasteiger partial charge is 0.296 e. The third kappa shape index (κ3) is 3.47. The van der Waals surface area contributed by atoms with Crippen molar-refractivity contribution in [2.24, 2.45) is 0 Å². The molecule has 0 spiro atoms. The Balaban J connectivity index is 1.88. The molecule has 0 aliphatic carbocycles. The molecule has 0 radical (unpaired) electrons. The summed E-state index contributed by atoms with van der Waals surface area (Å²) in [5, 5.41) is 1.41. The summed E-state index contributed by atoms with van der Waals surface area (Å²) >= 11 is 5.84. The van der Waals surface area contributed by atoms with Crippen molar-refractivity contribution in [3.05, 3.63) is 47.6 Å². The Kier molecular flexibility index (Phi) is 4.92. The first kappa shape index (κ1) is 17.4. The van der Waals surface area contributed by atoms with Gasteiger partial charge in [-0.3, -0.25) is 9.88 Å². The first-order valence-electron chi connectivity index (χ1n) is 7.79. The van der Waals surface area contributed by atoms with Crippen LogP contribution >= 0.6 is 11.6 Å². The minimum absolute atomic E-state index is 0.273. The zero-order valence-corrected chi connectivity index (χ0v) is 15.1. The second kappa shape index (κ2) is 6.80. The van der Waals surface area contributed by atoms with Crippen LogP contribution in [0.2, 0.25) is 0 Å². The van der Waals surface area contributed by atoms with Gasteiger partial charge in [-0.25, -0.2) is 8.42 Å². The molecule has 1 aromatic carbocycles. The van der Waals surface area contributed by atoms with Gasteiger partial charge in [-0.15, -0.1) is 0 Å². The zero-order valence-electron chi connectivity index (χ0n) is 13.6. The van der Waals surface area contributed by atoms with Gasteiger partial charge < -0.3 is 0 Å². The van der Waals surface area contributed by atoms with Crippen LogP contribution in [0.5, 0.6) is 0 Å². The highest BCUT2D eigenvalue weighted by atomic mass is 35.5. The number of aryl methyl sites for hydroxylation is 1. The lowest BCUT2D eigenvalue weighted by molar-refractivity contribution is 0.203. The third-order valence-electron chi connectivity index (χ3n) is 4.15. The molecule has 5 nitrogen and oxygen atoms in total. The molecule has 3 rings (SSSR count). The number of rotatable bonds is 4. The summed E-state index contributed by atoms with van der Waals surface area (Å²) in [4.78, 5) is 6.73. The van der Waals surface area contributed by atoms with Crippen molar-refractivity contribution >= 4 is 32.5 Å². The van der Waals surface area contributed by atoms with Gasteiger partial charge in [0.25, 0.3) is 0 Å². The summed E-state index contributed by atoms with van der Waals surface area (Å²) in [6, 6.07) is 7.24. The van der Waals surface area contributed by atoms with Gasteiger partial charge in [-0.05, 0) is 24.6 Å². The Labute approximate surface area is 147 Å². The Hall–Kier alpha value is -1.47. The molecule has 0 N–H and O–H groups in total. The molecule has 1 aromatic heterocycles. The number of fused-ring (bicyclic) bond motifs is 1. The molecule has 1 fully saturated rings. The van der Waals surface area contributed by atoms with Crippen molar-refractivity contribution in [2.75, 3.05) is 32.7 Å². The van der Waals surface area contributed by atoms with Crippen LogP contribution in [0.4, 0.5) is 0 Å². The summed E-state index contributed by atoms with van der Waals surface area (Å²) in [6.45, 7) is 8.38. The van der Waals surface area contributed by atoms with E-state index < -0.39 is 10.0 Å². The lowest BCUT2D eigenvalue weighted by Gasteiger charge is -2.33. The zero-order chi connectivity index (χ0) is 17.3. The lowest BCUT2D eigenvalue weighted by Crippen LogP contribution is -2.48. The quantitative estimate of drug-likeness (QED) is 0.835. The topological polar surface area (TPSA) is 53.5 Å². The van der Waals surface area contributed by atoms with Crippen molar-refractivity contribution in [2.45, 2.75) is 11.8 Å². The Morgan fingerprint density at radius 3 is 2.67 bits per heavy atom. The maximum Gasteiger partial charge on any atom is 0.245 e. The molecule has 128 valence electrons. The van der Waals surface area contributed by atoms with Gasteiger partial charge in [0.15, 0.2) is 0 Å². The number of para-hydroxylation sites is 1. The minimum Gasteiger partial charge on any atom is -0.296 e. The van der Waals surface area contributed by atoms with E-state index in [2.05, 4.69) is 16.5 Å². The maximum absolute atomic E-state index is 13.0. The first-order valence-corrected chi connectivity index (χ1v) is 9.61. The maximum atomic E-state index is 13.0. The van der Waals surface area contributed by atoms with Crippen LogP contribution in [0.15, 0.2) is 47.0 Å². The molecule has 1 aliphatic rings. The van der Waals surface area contributed by atoms with Gasteiger partial charge in [0.05, 0.1) is 5.52 Å². The normalized spacial score (nSPS) is 17.2. The SMILES string of the molecule is C=C(Cl)CN1CCN(S(=O)(=O)c2cccc3cc(C)cnc23)CC1. The monoisotopic (exact) mass is 365 g/mol. The Bertz CT molecular complexity index is 875. The molecule has 24 heavy (non-hydrogen) atoms. The number of hydrogen-bond acceptors (Lipinski definition) is 4. The molecular formula is C17H20ClN3O2S. The molecule has 7 heteroatoms. The first-order chi connectivity index (χ1) is 11.4. The highest BCUT2D eigenvalue weighted by Crippen LogP contribution is 2.25. The van der Waals surface area contributed by atoms with Crippen molar-refractivity contribution in [3.63, 3.8) is 0 Å². The van der Waals surface area contributed by atoms with E-state index >= 15 is 0 Å².